The van der Waals surface area contributed by atoms with Crippen LogP contribution in [-0.4, -0.2) is 43.8 Å². The van der Waals surface area contributed by atoms with Crippen LogP contribution < -0.4 is 17.0 Å². The Morgan fingerprint density at radius 2 is 1.33 bits per heavy atom. The first-order chi connectivity index (χ1) is 7.21. The average Bonchev–Trinajstić information content (AvgIpc) is 2.12. The summed E-state index contributed by atoms with van der Waals surface area (Å²) in [5.74, 6) is 0. The van der Waals surface area contributed by atoms with Crippen molar-refractivity contribution in [2.45, 2.75) is 45.8 Å². The van der Waals surface area contributed by atoms with Crippen molar-refractivity contribution >= 4 is 39.5 Å². The molecular formula is C13H24BrMgNSi2. The van der Waals surface area contributed by atoms with Gasteiger partial charge in [0.1, 0.15) is 16.5 Å². The number of halogens is 1. The maximum atomic E-state index is 3.09. The van der Waals surface area contributed by atoms with Gasteiger partial charge >= 0.3 is 23.1 Å². The fourth-order valence-electron chi connectivity index (χ4n) is 2.19. The van der Waals surface area contributed by atoms with Crippen LogP contribution in [-0.2, 0) is 6.54 Å². The van der Waals surface area contributed by atoms with Crippen LogP contribution in [0.25, 0.3) is 0 Å². The Morgan fingerprint density at radius 3 is 1.67 bits per heavy atom. The first-order valence-corrected chi connectivity index (χ1v) is 12.8. The fourth-order valence-corrected chi connectivity index (χ4v) is 11.6. The normalized spacial score (nSPS) is 11.7. The summed E-state index contributed by atoms with van der Waals surface area (Å²) < 4.78 is 2.80. The van der Waals surface area contributed by atoms with Crippen molar-refractivity contribution in [3.05, 3.63) is 35.9 Å². The second kappa shape index (κ2) is 8.21. The molecule has 0 aromatic heterocycles. The maximum Gasteiger partial charge on any atom is 2.00 e. The predicted molar refractivity (Wildman–Crippen MR) is 83.3 cm³/mol. The Balaban J connectivity index is 0. The van der Waals surface area contributed by atoms with E-state index in [0.717, 1.165) is 6.54 Å². The third-order valence-corrected chi connectivity index (χ3v) is 10.3. The Labute approximate surface area is 141 Å². The van der Waals surface area contributed by atoms with E-state index in [9.17, 15) is 0 Å². The molecule has 0 aliphatic rings. The van der Waals surface area contributed by atoms with E-state index in [0.29, 0.717) is 0 Å². The van der Waals surface area contributed by atoms with E-state index < -0.39 is 16.5 Å². The van der Waals surface area contributed by atoms with Gasteiger partial charge in [-0.05, 0) is 6.54 Å². The van der Waals surface area contributed by atoms with E-state index in [-0.39, 0.29) is 40.0 Å². The van der Waals surface area contributed by atoms with Gasteiger partial charge in [0, 0.05) is 0 Å². The molecule has 0 aliphatic carbocycles. The molecule has 0 unspecified atom stereocenters. The molecule has 0 aliphatic heterocycles. The summed E-state index contributed by atoms with van der Waals surface area (Å²) in [5, 5.41) is 0. The smallest absolute Gasteiger partial charge is 1.00 e. The third-order valence-electron chi connectivity index (χ3n) is 2.75. The third kappa shape index (κ3) is 6.86. The van der Waals surface area contributed by atoms with E-state index in [1.807, 2.05) is 12.1 Å². The van der Waals surface area contributed by atoms with Crippen LogP contribution >= 0.6 is 0 Å². The molecule has 18 heavy (non-hydrogen) atoms. The van der Waals surface area contributed by atoms with Gasteiger partial charge in [-0.3, -0.25) is 0 Å². The molecule has 0 radical (unpaired) electrons. The number of hydrogen-bond donors (Lipinski definition) is 0. The zero-order valence-electron chi connectivity index (χ0n) is 12.5. The van der Waals surface area contributed by atoms with Gasteiger partial charge in [0.2, 0.25) is 0 Å². The van der Waals surface area contributed by atoms with Gasteiger partial charge < -0.3 is 21.2 Å². The van der Waals surface area contributed by atoms with Crippen LogP contribution in [0.4, 0.5) is 0 Å². The number of nitrogens with zero attached hydrogens (tertiary/aromatic N) is 1. The summed E-state index contributed by atoms with van der Waals surface area (Å²) >= 11 is 0. The van der Waals surface area contributed by atoms with Crippen molar-refractivity contribution in [1.29, 1.82) is 0 Å². The molecule has 0 saturated heterocycles. The minimum atomic E-state index is -1.22. The Bertz CT molecular complexity index is 319. The van der Waals surface area contributed by atoms with Crippen molar-refractivity contribution in [3.63, 3.8) is 0 Å². The largest absolute Gasteiger partial charge is 2.00 e. The Kier molecular flexibility index (Phi) is 9.66. The van der Waals surface area contributed by atoms with E-state index in [1.54, 1.807) is 0 Å². The molecule has 0 N–H and O–H groups in total. The van der Waals surface area contributed by atoms with Crippen molar-refractivity contribution in [1.82, 2.24) is 4.23 Å². The van der Waals surface area contributed by atoms with Gasteiger partial charge in [0.25, 0.3) is 0 Å². The molecule has 5 heteroatoms. The topological polar surface area (TPSA) is 3.24 Å². The molecule has 1 rings (SSSR count). The van der Waals surface area contributed by atoms with E-state index in [2.05, 4.69) is 61.7 Å². The van der Waals surface area contributed by atoms with Gasteiger partial charge in [-0.2, -0.15) is 30.3 Å². The van der Waals surface area contributed by atoms with Crippen LogP contribution in [0, 0.1) is 6.07 Å². The van der Waals surface area contributed by atoms with Crippen LogP contribution in [0.15, 0.2) is 24.3 Å². The molecule has 1 aromatic carbocycles. The predicted octanol–water partition coefficient (Wildman–Crippen LogP) is 0.582. The van der Waals surface area contributed by atoms with Gasteiger partial charge in [0.05, 0.1) is 0 Å². The van der Waals surface area contributed by atoms with Crippen LogP contribution in [0.2, 0.25) is 39.3 Å². The van der Waals surface area contributed by atoms with Crippen molar-refractivity contribution in [3.8, 4) is 0 Å². The molecular weight excluding hydrogens is 331 g/mol. The van der Waals surface area contributed by atoms with E-state index in [4.69, 9.17) is 0 Å². The van der Waals surface area contributed by atoms with Crippen molar-refractivity contribution < 1.29 is 17.0 Å². The summed E-state index contributed by atoms with van der Waals surface area (Å²) in [6.07, 6.45) is 0. The molecule has 0 heterocycles. The minimum Gasteiger partial charge on any atom is -1.00 e. The first-order valence-electron chi connectivity index (χ1n) is 5.94. The molecule has 0 fully saturated rings. The SMILES string of the molecule is C[Si](C)(C)N(Cc1cc[c-]cc1)[Si](C)(C)C.[Br-].[Mg+2]. The quantitative estimate of drug-likeness (QED) is 0.565. The zero-order chi connectivity index (χ0) is 12.4. The van der Waals surface area contributed by atoms with Gasteiger partial charge in [0.15, 0.2) is 0 Å². The van der Waals surface area contributed by atoms with Gasteiger partial charge in [-0.15, -0.1) is 5.56 Å². The van der Waals surface area contributed by atoms with E-state index >= 15 is 0 Å². The number of rotatable bonds is 4. The van der Waals surface area contributed by atoms with E-state index in [1.165, 1.54) is 5.56 Å². The van der Waals surface area contributed by atoms with Crippen molar-refractivity contribution in [2.24, 2.45) is 0 Å². The first kappa shape index (κ1) is 21.2. The van der Waals surface area contributed by atoms with Crippen LogP contribution in [0.3, 0.4) is 0 Å². The van der Waals surface area contributed by atoms with Crippen LogP contribution in [0.5, 0.6) is 0 Å². The molecule has 1 nitrogen and oxygen atoms in total. The summed E-state index contributed by atoms with van der Waals surface area (Å²) in [6, 6.07) is 11.5. The second-order valence-corrected chi connectivity index (χ2v) is 16.5. The standard InChI is InChI=1S/C13H24NSi2.BrH.Mg/c1-15(2,3)14(16(4,5)6)12-13-10-8-7-9-11-13;;/h8-11H,12H2,1-6H3;1H;/q-1;;+2/p-1. The zero-order valence-corrected chi connectivity index (χ0v) is 17.5. The Hall–Kier alpha value is 0.860. The fraction of sp³-hybridized carbons (Fsp3) is 0.538. The Morgan fingerprint density at radius 1 is 0.944 bits per heavy atom. The molecule has 0 bridgehead atoms. The van der Waals surface area contributed by atoms with Crippen molar-refractivity contribution in [2.75, 3.05) is 0 Å². The molecule has 1 aromatic rings. The van der Waals surface area contributed by atoms with Crippen LogP contribution in [0.1, 0.15) is 5.56 Å². The molecule has 98 valence electrons. The summed E-state index contributed by atoms with van der Waals surface area (Å²) in [7, 11) is -2.44. The minimum absolute atomic E-state index is 0. The monoisotopic (exact) mass is 353 g/mol. The van der Waals surface area contributed by atoms with Gasteiger partial charge in [-0.25, -0.2) is 0 Å². The molecule has 0 spiro atoms. The van der Waals surface area contributed by atoms with Gasteiger partial charge in [-0.1, -0.05) is 39.3 Å². The molecule has 0 atom stereocenters. The maximum absolute atomic E-state index is 3.09. The number of hydrogen-bond acceptors (Lipinski definition) is 1. The summed E-state index contributed by atoms with van der Waals surface area (Å²) in [6.45, 7) is 15.8. The average molecular weight is 355 g/mol. The molecule has 0 amide bonds. The molecule has 0 saturated carbocycles. The summed E-state index contributed by atoms with van der Waals surface area (Å²) in [5.41, 5.74) is 1.42. The summed E-state index contributed by atoms with van der Waals surface area (Å²) in [4.78, 5) is 0. The second-order valence-electron chi connectivity index (χ2n) is 6.34. The number of benzene rings is 1.